The third-order valence-electron chi connectivity index (χ3n) is 7.07. The van der Waals surface area contributed by atoms with E-state index >= 15 is 0 Å². The summed E-state index contributed by atoms with van der Waals surface area (Å²) in [4.78, 5) is 9.06. The molecule has 0 aliphatic heterocycles. The maximum atomic E-state index is 6.31. The van der Waals surface area contributed by atoms with Crippen LogP contribution in [0.15, 0.2) is 83.5 Å². The van der Waals surface area contributed by atoms with Crippen LogP contribution in [-0.2, 0) is 20.1 Å². The number of rotatable bonds is 3. The predicted molar refractivity (Wildman–Crippen MR) is 166 cm³/mol. The van der Waals surface area contributed by atoms with Crippen LogP contribution in [0.2, 0.25) is 19.6 Å². The summed E-state index contributed by atoms with van der Waals surface area (Å²) in [5.74, 6) is 0. The van der Waals surface area contributed by atoms with Crippen LogP contribution in [0, 0.1) is 39.8 Å². The molecule has 3 nitrogen and oxygen atoms in total. The largest absolute Gasteiger partial charge is 0.501 e. The Morgan fingerprint density at radius 3 is 2.20 bits per heavy atom. The molecule has 40 heavy (non-hydrogen) atoms. The summed E-state index contributed by atoms with van der Waals surface area (Å²) in [6.07, 6.45) is 3.82. The van der Waals surface area contributed by atoms with Crippen LogP contribution in [0.3, 0.4) is 0 Å². The fourth-order valence-corrected chi connectivity index (χ4v) is 6.34. The smallest absolute Gasteiger partial charge is 0.120 e. The molecule has 1 radical (unpaired) electrons. The Kier molecular flexibility index (Phi) is 8.89. The molecule has 3 aromatic heterocycles. The van der Waals surface area contributed by atoms with E-state index in [9.17, 15) is 0 Å². The zero-order valence-corrected chi connectivity index (χ0v) is 27.5. The Bertz CT molecular complexity index is 1790. The first kappa shape index (κ1) is 29.6. The molecule has 0 atom stereocenters. The van der Waals surface area contributed by atoms with Crippen molar-refractivity contribution < 1.29 is 24.5 Å². The van der Waals surface area contributed by atoms with Crippen LogP contribution in [0.5, 0.6) is 0 Å². The number of furan rings is 1. The van der Waals surface area contributed by atoms with Gasteiger partial charge >= 0.3 is 0 Å². The monoisotopic (exact) mass is 719 g/mol. The van der Waals surface area contributed by atoms with Crippen molar-refractivity contribution in [2.24, 2.45) is 0 Å². The average molecular weight is 719 g/mol. The van der Waals surface area contributed by atoms with Crippen molar-refractivity contribution in [1.82, 2.24) is 9.97 Å². The number of para-hydroxylation sites is 1. The summed E-state index contributed by atoms with van der Waals surface area (Å²) in [7, 11) is -1.54. The van der Waals surface area contributed by atoms with E-state index in [-0.39, 0.29) is 20.1 Å². The van der Waals surface area contributed by atoms with Crippen LogP contribution >= 0.6 is 0 Å². The normalized spacial score (nSPS) is 11.2. The van der Waals surface area contributed by atoms with Gasteiger partial charge in [-0.15, -0.1) is 53.2 Å². The summed E-state index contributed by atoms with van der Waals surface area (Å²) in [6.45, 7) is 15.4. The van der Waals surface area contributed by atoms with E-state index in [0.29, 0.717) is 0 Å². The van der Waals surface area contributed by atoms with Gasteiger partial charge in [0.1, 0.15) is 5.58 Å². The maximum absolute atomic E-state index is 6.31. The van der Waals surface area contributed by atoms with Crippen molar-refractivity contribution in [3.05, 3.63) is 114 Å². The Labute approximate surface area is 252 Å². The molecule has 3 heterocycles. The zero-order valence-electron chi connectivity index (χ0n) is 24.1. The Balaban J connectivity index is 0.000000210. The van der Waals surface area contributed by atoms with E-state index in [2.05, 4.69) is 99.8 Å². The Hall–Kier alpha value is -3.37. The molecule has 0 saturated heterocycles. The molecule has 0 unspecified atom stereocenters. The van der Waals surface area contributed by atoms with Crippen molar-refractivity contribution in [2.75, 3.05) is 0 Å². The number of aryl methyl sites for hydroxylation is 4. The topological polar surface area (TPSA) is 38.9 Å². The number of pyridine rings is 2. The molecule has 6 aromatic rings. The minimum atomic E-state index is -1.54. The minimum Gasteiger partial charge on any atom is -0.501 e. The van der Waals surface area contributed by atoms with Gasteiger partial charge in [-0.25, -0.2) is 0 Å². The number of fused-ring (bicyclic) bond motifs is 3. The molecule has 5 heteroatoms. The number of hydrogen-bond donors (Lipinski definition) is 0. The quantitative estimate of drug-likeness (QED) is 0.136. The molecular formula is C35H34IrN2OSi-2. The van der Waals surface area contributed by atoms with Gasteiger partial charge in [0.2, 0.25) is 0 Å². The number of benzene rings is 3. The van der Waals surface area contributed by atoms with Crippen molar-refractivity contribution in [3.8, 4) is 22.5 Å². The fraction of sp³-hybridized carbons (Fsp3) is 0.200. The van der Waals surface area contributed by atoms with Crippen LogP contribution < -0.4 is 5.19 Å². The average Bonchev–Trinajstić information content (AvgIpc) is 3.30. The first-order valence-corrected chi connectivity index (χ1v) is 16.8. The number of nitrogens with zero attached hydrogens (tertiary/aromatic N) is 2. The summed E-state index contributed by atoms with van der Waals surface area (Å²) in [5, 5.41) is 3.82. The summed E-state index contributed by atoms with van der Waals surface area (Å²) in [6, 6.07) is 29.3. The molecular weight excluding hydrogens is 685 g/mol. The van der Waals surface area contributed by atoms with Crippen LogP contribution in [0.1, 0.15) is 22.3 Å². The van der Waals surface area contributed by atoms with Gasteiger partial charge in [-0.05, 0) is 56.3 Å². The summed E-state index contributed by atoms with van der Waals surface area (Å²) < 4.78 is 6.31. The van der Waals surface area contributed by atoms with Crippen molar-refractivity contribution in [2.45, 2.75) is 47.3 Å². The van der Waals surface area contributed by atoms with Crippen molar-refractivity contribution in [1.29, 1.82) is 0 Å². The second kappa shape index (κ2) is 12.0. The molecule has 6 rings (SSSR count). The Morgan fingerprint density at radius 1 is 0.775 bits per heavy atom. The van der Waals surface area contributed by atoms with Gasteiger partial charge in [-0.3, -0.25) is 0 Å². The molecule has 0 bridgehead atoms. The molecule has 3 aromatic carbocycles. The van der Waals surface area contributed by atoms with E-state index in [1.807, 2.05) is 48.8 Å². The maximum Gasteiger partial charge on any atom is 0.120 e. The van der Waals surface area contributed by atoms with Gasteiger partial charge in [0, 0.05) is 46.0 Å². The molecule has 0 saturated carbocycles. The van der Waals surface area contributed by atoms with Gasteiger partial charge in [-0.1, -0.05) is 72.0 Å². The van der Waals surface area contributed by atoms with Gasteiger partial charge in [0.05, 0.1) is 5.58 Å². The first-order chi connectivity index (χ1) is 18.6. The Morgan fingerprint density at radius 2 is 1.52 bits per heavy atom. The minimum absolute atomic E-state index is 0. The van der Waals surface area contributed by atoms with Crippen molar-refractivity contribution in [3.63, 3.8) is 0 Å². The molecule has 0 aliphatic rings. The van der Waals surface area contributed by atoms with E-state index in [1.165, 1.54) is 32.6 Å². The van der Waals surface area contributed by atoms with Gasteiger partial charge in [-0.2, -0.15) is 0 Å². The molecule has 0 amide bonds. The second-order valence-electron chi connectivity index (χ2n) is 11.2. The molecule has 0 N–H and O–H groups in total. The van der Waals surface area contributed by atoms with Gasteiger partial charge < -0.3 is 14.4 Å². The SMILES string of the molecule is Cc1cnc(-c2[c-]cc([Si](C)(C)C)c3c2oc2ccccc23)c(C)c1.Cc1cnc(-c2[c-]cccc2)cc1C.[Ir]. The van der Waals surface area contributed by atoms with E-state index in [0.717, 1.165) is 39.2 Å². The standard InChI is InChI=1S/C22H22NOSi.C13H12N.Ir/c1-14-12-15(2)21(23-13-14)17-10-11-19(25(3,4)5)20-16-8-6-7-9-18(16)24-22(17)20;1-10-8-13(14-9-11(10)2)12-6-4-3-5-7-12;/h6-9,11-13H,1-5H3;3-6,8-9H,1-2H3;/q2*-1;. The first-order valence-electron chi connectivity index (χ1n) is 13.3. The van der Waals surface area contributed by atoms with Crippen LogP contribution in [0.25, 0.3) is 44.5 Å². The van der Waals surface area contributed by atoms with Gasteiger partial charge in [0.15, 0.2) is 0 Å². The van der Waals surface area contributed by atoms with E-state index < -0.39 is 8.07 Å². The van der Waals surface area contributed by atoms with Crippen LogP contribution in [0.4, 0.5) is 0 Å². The zero-order chi connectivity index (χ0) is 27.7. The number of aromatic nitrogens is 2. The second-order valence-corrected chi connectivity index (χ2v) is 16.3. The van der Waals surface area contributed by atoms with Crippen molar-refractivity contribution >= 4 is 35.2 Å². The third kappa shape index (κ3) is 6.02. The van der Waals surface area contributed by atoms with Crippen LogP contribution in [-0.4, -0.2) is 18.0 Å². The van der Waals surface area contributed by atoms with E-state index in [1.54, 1.807) is 0 Å². The van der Waals surface area contributed by atoms with Gasteiger partial charge in [0.25, 0.3) is 0 Å². The molecule has 0 spiro atoms. The molecule has 0 aliphatic carbocycles. The molecule has 0 fully saturated rings. The summed E-state index contributed by atoms with van der Waals surface area (Å²) in [5.41, 5.74) is 10.6. The number of hydrogen-bond acceptors (Lipinski definition) is 3. The summed E-state index contributed by atoms with van der Waals surface area (Å²) >= 11 is 0. The molecule has 205 valence electrons. The predicted octanol–water partition coefficient (Wildman–Crippen LogP) is 8.77. The van der Waals surface area contributed by atoms with E-state index in [4.69, 9.17) is 4.42 Å². The third-order valence-corrected chi connectivity index (χ3v) is 9.08. The fourth-order valence-electron chi connectivity index (χ4n) is 4.84.